The highest BCUT2D eigenvalue weighted by Crippen LogP contribution is 2.31. The van der Waals surface area contributed by atoms with Crippen molar-refractivity contribution in [3.8, 4) is 0 Å². The average Bonchev–Trinajstić information content (AvgIpc) is 3.01. The van der Waals surface area contributed by atoms with Crippen LogP contribution in [0.2, 0.25) is 5.15 Å². The van der Waals surface area contributed by atoms with Gasteiger partial charge in [0.1, 0.15) is 5.15 Å². The third-order valence-electron chi connectivity index (χ3n) is 5.09. The van der Waals surface area contributed by atoms with Crippen LogP contribution in [-0.4, -0.2) is 59.3 Å². The van der Waals surface area contributed by atoms with Crippen LogP contribution in [-0.2, 0) is 27.5 Å². The van der Waals surface area contributed by atoms with Crippen LogP contribution in [0.3, 0.4) is 0 Å². The number of alkyl halides is 3. The van der Waals surface area contributed by atoms with E-state index >= 15 is 0 Å². The molecule has 7 nitrogen and oxygen atoms in total. The maximum Gasteiger partial charge on any atom is 0.416 e. The van der Waals surface area contributed by atoms with E-state index in [4.69, 9.17) is 16.3 Å². The maximum absolute atomic E-state index is 12.9. The van der Waals surface area contributed by atoms with Crippen LogP contribution in [0.5, 0.6) is 0 Å². The van der Waals surface area contributed by atoms with Gasteiger partial charge in [-0.2, -0.15) is 18.3 Å². The molecule has 0 radical (unpaired) electrons. The van der Waals surface area contributed by atoms with Gasteiger partial charge in [0.15, 0.2) is 6.61 Å². The topological polar surface area (TPSA) is 67.7 Å². The summed E-state index contributed by atoms with van der Waals surface area (Å²) in [7, 11) is 1.68. The molecule has 11 heteroatoms. The number of carbonyl (C=O) groups is 2. The second kappa shape index (κ2) is 9.64. The van der Waals surface area contributed by atoms with E-state index in [1.807, 2.05) is 0 Å². The molecule has 0 aliphatic carbocycles. The number of rotatable bonds is 5. The van der Waals surface area contributed by atoms with Crippen LogP contribution in [0.4, 0.5) is 18.9 Å². The summed E-state index contributed by atoms with van der Waals surface area (Å²) in [5, 5.41) is 4.51. The van der Waals surface area contributed by atoms with Gasteiger partial charge in [-0.3, -0.25) is 9.48 Å². The number of hydrogen-bond donors (Lipinski definition) is 0. The number of ether oxygens (including phenoxy) is 1. The van der Waals surface area contributed by atoms with Gasteiger partial charge in [-0.1, -0.05) is 17.7 Å². The second-order valence-electron chi connectivity index (χ2n) is 7.27. The molecule has 1 saturated heterocycles. The van der Waals surface area contributed by atoms with E-state index in [-0.39, 0.29) is 5.91 Å². The number of nitrogens with zero attached hydrogens (tertiary/aromatic N) is 4. The Morgan fingerprint density at radius 3 is 2.50 bits per heavy atom. The minimum atomic E-state index is -4.41. The molecule has 1 aliphatic heterocycles. The van der Waals surface area contributed by atoms with Gasteiger partial charge in [0, 0.05) is 50.6 Å². The molecule has 172 valence electrons. The third-order valence-corrected chi connectivity index (χ3v) is 5.54. The van der Waals surface area contributed by atoms with E-state index in [0.717, 1.165) is 12.1 Å². The Morgan fingerprint density at radius 1 is 1.22 bits per heavy atom. The normalized spacial score (nSPS) is 14.8. The molecule has 1 aromatic heterocycles. The molecule has 3 rings (SSSR count). The lowest BCUT2D eigenvalue weighted by molar-refractivity contribution is -0.148. The molecule has 1 aromatic carbocycles. The van der Waals surface area contributed by atoms with Gasteiger partial charge >= 0.3 is 12.1 Å². The van der Waals surface area contributed by atoms with Crippen molar-refractivity contribution in [2.24, 2.45) is 7.05 Å². The van der Waals surface area contributed by atoms with Crippen LogP contribution < -0.4 is 4.90 Å². The zero-order valence-corrected chi connectivity index (χ0v) is 18.3. The molecule has 2 heterocycles. The Balaban J connectivity index is 1.48. The number of anilines is 1. The van der Waals surface area contributed by atoms with Crippen molar-refractivity contribution in [1.29, 1.82) is 0 Å². The predicted molar refractivity (Wildman–Crippen MR) is 113 cm³/mol. The molecule has 0 bridgehead atoms. The van der Waals surface area contributed by atoms with Crippen LogP contribution in [0.25, 0.3) is 6.08 Å². The second-order valence-corrected chi connectivity index (χ2v) is 7.63. The van der Waals surface area contributed by atoms with Gasteiger partial charge in [0.05, 0.1) is 11.3 Å². The van der Waals surface area contributed by atoms with Gasteiger partial charge in [-0.05, 0) is 31.2 Å². The Morgan fingerprint density at radius 2 is 1.91 bits per heavy atom. The number of carbonyl (C=O) groups excluding carboxylic acids is 2. The van der Waals surface area contributed by atoms with Crippen molar-refractivity contribution in [2.75, 3.05) is 37.7 Å². The Kier molecular flexibility index (Phi) is 7.12. The van der Waals surface area contributed by atoms with Crippen LogP contribution >= 0.6 is 11.6 Å². The Hall–Kier alpha value is -3.01. The van der Waals surface area contributed by atoms with Crippen molar-refractivity contribution in [2.45, 2.75) is 13.1 Å². The van der Waals surface area contributed by atoms with E-state index in [2.05, 4.69) is 5.10 Å². The number of benzene rings is 1. The van der Waals surface area contributed by atoms with Gasteiger partial charge in [0.25, 0.3) is 5.91 Å². The minimum absolute atomic E-state index is 0.312. The number of esters is 1. The maximum atomic E-state index is 12.9. The Bertz CT molecular complexity index is 1030. The third kappa shape index (κ3) is 5.61. The summed E-state index contributed by atoms with van der Waals surface area (Å²) >= 11 is 6.09. The molecule has 0 spiro atoms. The fourth-order valence-electron chi connectivity index (χ4n) is 3.35. The first-order valence-electron chi connectivity index (χ1n) is 9.80. The van der Waals surface area contributed by atoms with Gasteiger partial charge in [-0.25, -0.2) is 4.79 Å². The lowest BCUT2D eigenvalue weighted by atomic mass is 10.1. The molecule has 0 unspecified atom stereocenters. The molecule has 1 fully saturated rings. The molecule has 0 atom stereocenters. The molecule has 1 amide bonds. The van der Waals surface area contributed by atoms with Crippen LogP contribution in [0, 0.1) is 6.92 Å². The van der Waals surface area contributed by atoms with Crippen LogP contribution in [0.1, 0.15) is 16.8 Å². The van der Waals surface area contributed by atoms with E-state index in [1.54, 1.807) is 24.9 Å². The standard InChI is InChI=1S/C21H22ClF3N4O3/c1-14-17(20(22)27(2)26-14)6-7-19(31)32-13-18(30)29-10-8-28(9-11-29)16-5-3-4-15(12-16)21(23,24)25/h3-7,12H,8-11,13H2,1-2H3/b7-6+. The van der Waals surface area contributed by atoms with Gasteiger partial charge in [0.2, 0.25) is 0 Å². The molecule has 0 saturated carbocycles. The number of amides is 1. The van der Waals surface area contributed by atoms with Crippen LogP contribution in [0.15, 0.2) is 30.3 Å². The lowest BCUT2D eigenvalue weighted by Crippen LogP contribution is -2.49. The molecule has 32 heavy (non-hydrogen) atoms. The van der Waals surface area contributed by atoms with Gasteiger partial charge < -0.3 is 14.5 Å². The van der Waals surface area contributed by atoms with Crippen molar-refractivity contribution < 1.29 is 27.5 Å². The van der Waals surface area contributed by atoms with Crippen molar-refractivity contribution in [3.05, 3.63) is 52.3 Å². The number of aromatic nitrogens is 2. The summed E-state index contributed by atoms with van der Waals surface area (Å²) in [6, 6.07) is 5.09. The summed E-state index contributed by atoms with van der Waals surface area (Å²) in [6.07, 6.45) is -1.76. The summed E-state index contributed by atoms with van der Waals surface area (Å²) in [4.78, 5) is 27.6. The first kappa shape index (κ1) is 23.6. The summed E-state index contributed by atoms with van der Waals surface area (Å²) in [5.41, 5.74) is 0.975. The highest BCUT2D eigenvalue weighted by atomic mass is 35.5. The largest absolute Gasteiger partial charge is 0.452 e. The molecular weight excluding hydrogens is 449 g/mol. The molecule has 1 aliphatic rings. The monoisotopic (exact) mass is 470 g/mol. The van der Waals surface area contributed by atoms with E-state index in [9.17, 15) is 22.8 Å². The highest BCUT2D eigenvalue weighted by molar-refractivity contribution is 6.31. The zero-order valence-electron chi connectivity index (χ0n) is 17.5. The first-order valence-corrected chi connectivity index (χ1v) is 10.2. The van der Waals surface area contributed by atoms with Gasteiger partial charge in [-0.15, -0.1) is 0 Å². The first-order chi connectivity index (χ1) is 15.1. The Labute approximate surface area is 188 Å². The summed E-state index contributed by atoms with van der Waals surface area (Å²) in [5.74, 6) is -1.06. The summed E-state index contributed by atoms with van der Waals surface area (Å²) < 4.78 is 45.2. The quantitative estimate of drug-likeness (QED) is 0.495. The van der Waals surface area contributed by atoms with E-state index in [1.165, 1.54) is 27.8 Å². The minimum Gasteiger partial charge on any atom is -0.452 e. The van der Waals surface area contributed by atoms with Crippen molar-refractivity contribution >= 4 is 35.2 Å². The van der Waals surface area contributed by atoms with E-state index < -0.39 is 24.3 Å². The fraction of sp³-hybridized carbons (Fsp3) is 0.381. The number of piperazine rings is 1. The average molecular weight is 471 g/mol. The number of hydrogen-bond acceptors (Lipinski definition) is 5. The summed E-state index contributed by atoms with van der Waals surface area (Å²) in [6.45, 7) is 2.70. The predicted octanol–water partition coefficient (Wildman–Crippen LogP) is 3.31. The SMILES string of the molecule is Cc1nn(C)c(Cl)c1/C=C/C(=O)OCC(=O)N1CCN(c2cccc(C(F)(F)F)c2)CC1. The number of aryl methyl sites for hydroxylation is 2. The number of halogens is 4. The van der Waals surface area contributed by atoms with E-state index in [0.29, 0.717) is 48.3 Å². The van der Waals surface area contributed by atoms with Crippen molar-refractivity contribution in [3.63, 3.8) is 0 Å². The lowest BCUT2D eigenvalue weighted by Gasteiger charge is -2.36. The fourth-order valence-corrected chi connectivity index (χ4v) is 3.59. The molecule has 2 aromatic rings. The van der Waals surface area contributed by atoms with Crippen molar-refractivity contribution in [1.82, 2.24) is 14.7 Å². The highest BCUT2D eigenvalue weighted by Gasteiger charge is 2.31. The zero-order chi connectivity index (χ0) is 23.5. The smallest absolute Gasteiger partial charge is 0.416 e. The molecule has 0 N–H and O–H groups in total. The molecular formula is C21H22ClF3N4O3.